The average molecular weight is 478 g/mol. The van der Waals surface area contributed by atoms with Crippen LogP contribution in [-0.4, -0.2) is 54.9 Å². The second-order valence-electron chi connectivity index (χ2n) is 9.58. The fraction of sp³-hybridized carbons (Fsp3) is 0.667. The van der Waals surface area contributed by atoms with E-state index in [0.717, 1.165) is 21.1 Å². The Bertz CT molecular complexity index is 986. The van der Waals surface area contributed by atoms with Gasteiger partial charge in [-0.2, -0.15) is 0 Å². The molecule has 0 radical (unpaired) electrons. The molecule has 10 heteroatoms. The van der Waals surface area contributed by atoms with Gasteiger partial charge in [0.1, 0.15) is 17.6 Å². The van der Waals surface area contributed by atoms with Crippen molar-refractivity contribution in [3.05, 3.63) is 24.2 Å². The Balaban J connectivity index is 1.90. The van der Waals surface area contributed by atoms with Gasteiger partial charge in [-0.15, -0.1) is 0 Å². The lowest BCUT2D eigenvalue weighted by molar-refractivity contribution is -0.260. The Morgan fingerprint density at radius 3 is 2.41 bits per heavy atom. The number of rotatable bonds is 4. The van der Waals surface area contributed by atoms with Crippen LogP contribution in [0.2, 0.25) is 0 Å². The maximum atomic E-state index is 13.6. The molecule has 0 bridgehead atoms. The zero-order valence-electron chi connectivity index (χ0n) is 19.7. The molecule has 10 nitrogen and oxygen atoms in total. The number of furan rings is 1. The molecular weight excluding hydrogens is 448 g/mol. The molecule has 1 aromatic rings. The molecule has 3 aliphatic rings. The number of hydrogen-bond donors (Lipinski definition) is 1. The van der Waals surface area contributed by atoms with Crippen LogP contribution >= 0.6 is 0 Å². The molecule has 1 aliphatic heterocycles. The minimum absolute atomic E-state index is 0.0419. The molecule has 2 aliphatic carbocycles. The fourth-order valence-electron chi connectivity index (χ4n) is 6.83. The third kappa shape index (κ3) is 3.03. The second-order valence-corrected chi connectivity index (χ2v) is 9.58. The summed E-state index contributed by atoms with van der Waals surface area (Å²) in [7, 11) is 2.24. The number of methoxy groups -OCH3 is 2. The monoisotopic (exact) mass is 478 g/mol. The zero-order chi connectivity index (χ0) is 24.9. The molecule has 1 saturated heterocycles. The van der Waals surface area contributed by atoms with Gasteiger partial charge in [0.25, 0.3) is 0 Å². The summed E-state index contributed by atoms with van der Waals surface area (Å²) in [5.41, 5.74) is -4.94. The maximum Gasteiger partial charge on any atom is 0.343 e. The van der Waals surface area contributed by atoms with Crippen LogP contribution in [0.5, 0.6) is 0 Å². The minimum atomic E-state index is -2.55. The summed E-state index contributed by atoms with van der Waals surface area (Å²) in [6, 6.07) is 1.71. The first-order chi connectivity index (χ1) is 16.1. The Hall–Kier alpha value is -2.88. The highest BCUT2D eigenvalue weighted by Crippen LogP contribution is 2.68. The highest BCUT2D eigenvalue weighted by molar-refractivity contribution is 5.94. The summed E-state index contributed by atoms with van der Waals surface area (Å²) >= 11 is 0. The van der Waals surface area contributed by atoms with Crippen molar-refractivity contribution in [2.45, 2.75) is 63.8 Å². The highest BCUT2D eigenvalue weighted by atomic mass is 16.6. The summed E-state index contributed by atoms with van der Waals surface area (Å²) in [6.45, 7) is 3.07. The largest absolute Gasteiger partial charge is 0.472 e. The molecule has 2 heterocycles. The number of hydrogen-bond acceptors (Lipinski definition) is 10. The van der Waals surface area contributed by atoms with E-state index in [1.165, 1.54) is 12.5 Å². The predicted molar refractivity (Wildman–Crippen MR) is 113 cm³/mol. The van der Waals surface area contributed by atoms with Crippen LogP contribution in [0.15, 0.2) is 23.0 Å². The summed E-state index contributed by atoms with van der Waals surface area (Å²) in [5, 5.41) is 12.0. The van der Waals surface area contributed by atoms with E-state index in [9.17, 15) is 24.3 Å². The van der Waals surface area contributed by atoms with Crippen molar-refractivity contribution < 1.29 is 47.6 Å². The van der Waals surface area contributed by atoms with Gasteiger partial charge in [-0.05, 0) is 43.6 Å². The number of ether oxygens (including phenoxy) is 4. The Morgan fingerprint density at radius 2 is 1.82 bits per heavy atom. The van der Waals surface area contributed by atoms with E-state index in [0.29, 0.717) is 12.0 Å². The number of carbonyl (C=O) groups excluding carboxylic acids is 4. The molecule has 1 spiro atoms. The number of cyclic esters (lactones) is 1. The first-order valence-corrected chi connectivity index (χ1v) is 11.4. The molecule has 1 aromatic heterocycles. The Kier molecular flexibility index (Phi) is 6.00. The third-order valence-electron chi connectivity index (χ3n) is 8.35. The quantitative estimate of drug-likeness (QED) is 0.505. The van der Waals surface area contributed by atoms with Gasteiger partial charge in [0, 0.05) is 18.9 Å². The topological polar surface area (TPSA) is 139 Å². The van der Waals surface area contributed by atoms with Crippen LogP contribution in [0.25, 0.3) is 0 Å². The third-order valence-corrected chi connectivity index (χ3v) is 8.35. The van der Waals surface area contributed by atoms with Crippen molar-refractivity contribution in [2.75, 3.05) is 14.2 Å². The SMILES string of the molecule is COC(=O)[C@@]1(O)[C@H](OC(C)=O)CC[C@@H]2[C@]3(C[C@H](c4ccoc4)OC3=O)[C@@H](C)CC[C@@]21C(=O)OC. The Morgan fingerprint density at radius 1 is 1.12 bits per heavy atom. The van der Waals surface area contributed by atoms with E-state index in [1.54, 1.807) is 6.07 Å². The molecule has 0 aromatic carbocycles. The first kappa shape index (κ1) is 24.3. The van der Waals surface area contributed by atoms with Crippen LogP contribution < -0.4 is 0 Å². The van der Waals surface area contributed by atoms with Crippen molar-refractivity contribution in [3.63, 3.8) is 0 Å². The van der Waals surface area contributed by atoms with E-state index >= 15 is 0 Å². The molecule has 3 fully saturated rings. The van der Waals surface area contributed by atoms with Crippen LogP contribution in [-0.2, 0) is 38.1 Å². The van der Waals surface area contributed by atoms with Crippen LogP contribution in [0.4, 0.5) is 0 Å². The normalized spacial score (nSPS) is 39.1. The molecular formula is C24H30O10. The molecule has 4 rings (SSSR count). The van der Waals surface area contributed by atoms with Crippen molar-refractivity contribution in [3.8, 4) is 0 Å². The maximum absolute atomic E-state index is 13.6. The summed E-state index contributed by atoms with van der Waals surface area (Å²) in [4.78, 5) is 52.2. The molecule has 0 unspecified atom stereocenters. The van der Waals surface area contributed by atoms with Gasteiger partial charge in [-0.25, -0.2) is 4.79 Å². The second kappa shape index (κ2) is 8.41. The first-order valence-electron chi connectivity index (χ1n) is 11.4. The van der Waals surface area contributed by atoms with Crippen LogP contribution in [0, 0.1) is 22.7 Å². The number of aliphatic hydroxyl groups is 1. The van der Waals surface area contributed by atoms with E-state index in [1.807, 2.05) is 6.92 Å². The standard InChI is InChI=1S/C24H30O10/c1-13-7-9-23(20(27)30-3)17(5-6-18(33-14(2)25)24(23,29)21(28)31-4)22(13)11-16(34-19(22)26)15-8-10-32-12-15/h8,10,12-13,16-18,29H,5-7,9,11H2,1-4H3/t13-,16+,17+,18+,22-,23-,24-/m0/s1. The number of fused-ring (bicyclic) bond motifs is 2. The van der Waals surface area contributed by atoms with Crippen molar-refractivity contribution in [1.82, 2.24) is 0 Å². The molecule has 1 N–H and O–H groups in total. The number of esters is 4. The zero-order valence-corrected chi connectivity index (χ0v) is 19.7. The Labute approximate surface area is 196 Å². The van der Waals surface area contributed by atoms with E-state index in [4.69, 9.17) is 23.4 Å². The van der Waals surface area contributed by atoms with Gasteiger partial charge >= 0.3 is 23.9 Å². The van der Waals surface area contributed by atoms with Gasteiger partial charge in [-0.1, -0.05) is 6.92 Å². The minimum Gasteiger partial charge on any atom is -0.472 e. The smallest absolute Gasteiger partial charge is 0.343 e. The average Bonchev–Trinajstić information content (AvgIpc) is 3.46. The molecule has 2 saturated carbocycles. The lowest BCUT2D eigenvalue weighted by Crippen LogP contribution is -2.75. The fourth-order valence-corrected chi connectivity index (χ4v) is 6.83. The van der Waals surface area contributed by atoms with Gasteiger partial charge < -0.3 is 28.5 Å². The van der Waals surface area contributed by atoms with Gasteiger partial charge in [0.15, 0.2) is 0 Å². The van der Waals surface area contributed by atoms with Gasteiger partial charge in [0.05, 0.1) is 32.2 Å². The lowest BCUT2D eigenvalue weighted by Gasteiger charge is -2.61. The number of carbonyl (C=O) groups is 4. The van der Waals surface area contributed by atoms with Crippen molar-refractivity contribution in [1.29, 1.82) is 0 Å². The molecule has 7 atom stereocenters. The van der Waals surface area contributed by atoms with Crippen molar-refractivity contribution >= 4 is 23.9 Å². The van der Waals surface area contributed by atoms with Gasteiger partial charge in [0.2, 0.25) is 5.60 Å². The summed E-state index contributed by atoms with van der Waals surface area (Å²) in [6.07, 6.45) is 1.92. The van der Waals surface area contributed by atoms with E-state index in [2.05, 4.69) is 0 Å². The van der Waals surface area contributed by atoms with Gasteiger partial charge in [-0.3, -0.25) is 14.4 Å². The van der Waals surface area contributed by atoms with Crippen molar-refractivity contribution in [2.24, 2.45) is 22.7 Å². The van der Waals surface area contributed by atoms with E-state index in [-0.39, 0.29) is 31.6 Å². The lowest BCUT2D eigenvalue weighted by atomic mass is 9.42. The van der Waals surface area contributed by atoms with Crippen LogP contribution in [0.3, 0.4) is 0 Å². The van der Waals surface area contributed by atoms with Crippen LogP contribution in [0.1, 0.15) is 57.6 Å². The highest BCUT2D eigenvalue weighted by Gasteiger charge is 2.79. The summed E-state index contributed by atoms with van der Waals surface area (Å²) < 4.78 is 26.4. The predicted octanol–water partition coefficient (Wildman–Crippen LogP) is 2.09. The molecule has 0 amide bonds. The summed E-state index contributed by atoms with van der Waals surface area (Å²) in [5.74, 6) is -4.22. The molecule has 186 valence electrons. The van der Waals surface area contributed by atoms with E-state index < -0.39 is 58.4 Å². The molecule has 34 heavy (non-hydrogen) atoms.